The summed E-state index contributed by atoms with van der Waals surface area (Å²) in [5, 5.41) is 6.61. The summed E-state index contributed by atoms with van der Waals surface area (Å²) in [5.41, 5.74) is 1.18. The van der Waals surface area contributed by atoms with Crippen molar-refractivity contribution in [1.29, 1.82) is 0 Å². The van der Waals surface area contributed by atoms with Gasteiger partial charge in [0.05, 0.1) is 12.1 Å². The van der Waals surface area contributed by atoms with Gasteiger partial charge in [-0.15, -0.1) is 0 Å². The highest BCUT2D eigenvalue weighted by atomic mass is 16.2. The molecule has 3 nitrogen and oxygen atoms in total. The minimum Gasteiger partial charge on any atom is -0.348 e. The van der Waals surface area contributed by atoms with E-state index in [1.165, 1.54) is 12.0 Å². The van der Waals surface area contributed by atoms with E-state index < -0.39 is 0 Å². The smallest absolute Gasteiger partial charge is 0.237 e. The number of nitrogens with one attached hydrogen (secondary N) is 2. The molecule has 1 amide bonds. The number of benzene rings is 1. The van der Waals surface area contributed by atoms with Gasteiger partial charge in [0.25, 0.3) is 0 Å². The van der Waals surface area contributed by atoms with E-state index in [0.29, 0.717) is 11.8 Å². The van der Waals surface area contributed by atoms with Crippen molar-refractivity contribution in [3.8, 4) is 0 Å². The third kappa shape index (κ3) is 4.31. The summed E-state index contributed by atoms with van der Waals surface area (Å²) in [7, 11) is 0. The van der Waals surface area contributed by atoms with E-state index in [4.69, 9.17) is 0 Å². The fourth-order valence-electron chi connectivity index (χ4n) is 3.12. The molecule has 116 valence electrons. The lowest BCUT2D eigenvalue weighted by atomic mass is 9.89. The molecule has 0 aromatic heterocycles. The molecular formula is C18H28N2O. The van der Waals surface area contributed by atoms with Gasteiger partial charge in [0.1, 0.15) is 0 Å². The van der Waals surface area contributed by atoms with Crippen molar-refractivity contribution in [3.63, 3.8) is 0 Å². The number of carbonyl (C=O) groups excluding carboxylic acids is 1. The molecule has 1 aromatic carbocycles. The Hall–Kier alpha value is -1.35. The second-order valence-electron chi connectivity index (χ2n) is 6.45. The van der Waals surface area contributed by atoms with Crippen LogP contribution in [-0.4, -0.2) is 18.5 Å². The Morgan fingerprint density at radius 3 is 2.67 bits per heavy atom. The first-order chi connectivity index (χ1) is 10.1. The van der Waals surface area contributed by atoms with Crippen LogP contribution in [0.15, 0.2) is 30.3 Å². The standard InChI is InChI=1S/C18H28N2O/c1-4-14-10-11-19-16(12-14)18(21)20-17(13(2)3)15-8-6-5-7-9-15/h5-9,13-14,16-17,19H,4,10-12H2,1-3H3,(H,20,21). The van der Waals surface area contributed by atoms with Crippen molar-refractivity contribution in [2.24, 2.45) is 11.8 Å². The average Bonchev–Trinajstić information content (AvgIpc) is 2.53. The zero-order valence-electron chi connectivity index (χ0n) is 13.4. The Morgan fingerprint density at radius 2 is 2.05 bits per heavy atom. The molecule has 3 heteroatoms. The van der Waals surface area contributed by atoms with E-state index in [1.54, 1.807) is 0 Å². The molecule has 3 unspecified atom stereocenters. The van der Waals surface area contributed by atoms with Crippen molar-refractivity contribution < 1.29 is 4.79 Å². The van der Waals surface area contributed by atoms with Crippen LogP contribution >= 0.6 is 0 Å². The molecule has 1 aromatic rings. The van der Waals surface area contributed by atoms with Crippen LogP contribution in [-0.2, 0) is 4.79 Å². The Bertz CT molecular complexity index is 444. The molecule has 0 aliphatic carbocycles. The van der Waals surface area contributed by atoms with Crippen LogP contribution in [0.3, 0.4) is 0 Å². The minimum absolute atomic E-state index is 0.0336. The SMILES string of the molecule is CCC1CCNC(C(=O)NC(c2ccccc2)C(C)C)C1. The van der Waals surface area contributed by atoms with Crippen LogP contribution in [0.25, 0.3) is 0 Å². The molecule has 2 N–H and O–H groups in total. The minimum atomic E-state index is -0.0336. The van der Waals surface area contributed by atoms with E-state index in [1.807, 2.05) is 18.2 Å². The van der Waals surface area contributed by atoms with Gasteiger partial charge in [-0.3, -0.25) is 4.79 Å². The monoisotopic (exact) mass is 288 g/mol. The Kier molecular flexibility index (Phi) is 5.80. The summed E-state index contributed by atoms with van der Waals surface area (Å²) in [6, 6.07) is 10.3. The predicted molar refractivity (Wildman–Crippen MR) is 87.0 cm³/mol. The van der Waals surface area contributed by atoms with Crippen molar-refractivity contribution in [3.05, 3.63) is 35.9 Å². The summed E-state index contributed by atoms with van der Waals surface area (Å²) in [4.78, 5) is 12.6. The summed E-state index contributed by atoms with van der Waals surface area (Å²) in [6.45, 7) is 7.47. The van der Waals surface area contributed by atoms with Crippen LogP contribution in [0.2, 0.25) is 0 Å². The van der Waals surface area contributed by atoms with E-state index in [0.717, 1.165) is 19.4 Å². The molecular weight excluding hydrogens is 260 g/mol. The van der Waals surface area contributed by atoms with E-state index >= 15 is 0 Å². The zero-order chi connectivity index (χ0) is 15.2. The Labute approximate surface area is 128 Å². The zero-order valence-corrected chi connectivity index (χ0v) is 13.4. The highest BCUT2D eigenvalue weighted by molar-refractivity contribution is 5.82. The van der Waals surface area contributed by atoms with Crippen molar-refractivity contribution in [2.75, 3.05) is 6.54 Å². The van der Waals surface area contributed by atoms with Crippen LogP contribution in [0.5, 0.6) is 0 Å². The molecule has 21 heavy (non-hydrogen) atoms. The molecule has 1 aliphatic heterocycles. The number of piperidine rings is 1. The van der Waals surface area contributed by atoms with Gasteiger partial charge in [0, 0.05) is 0 Å². The van der Waals surface area contributed by atoms with E-state index in [2.05, 4.69) is 43.5 Å². The van der Waals surface area contributed by atoms with Gasteiger partial charge in [0.15, 0.2) is 0 Å². The highest BCUT2D eigenvalue weighted by Gasteiger charge is 2.28. The van der Waals surface area contributed by atoms with Crippen LogP contribution < -0.4 is 10.6 Å². The van der Waals surface area contributed by atoms with Crippen LogP contribution in [0.1, 0.15) is 51.6 Å². The molecule has 1 heterocycles. The third-order valence-corrected chi connectivity index (χ3v) is 4.53. The topological polar surface area (TPSA) is 41.1 Å². The van der Waals surface area contributed by atoms with Gasteiger partial charge in [-0.05, 0) is 36.8 Å². The molecule has 3 atom stereocenters. The third-order valence-electron chi connectivity index (χ3n) is 4.53. The van der Waals surface area contributed by atoms with Crippen LogP contribution in [0, 0.1) is 11.8 Å². The maximum Gasteiger partial charge on any atom is 0.237 e. The second kappa shape index (κ2) is 7.60. The van der Waals surface area contributed by atoms with Gasteiger partial charge in [0.2, 0.25) is 5.91 Å². The van der Waals surface area contributed by atoms with Gasteiger partial charge in [-0.2, -0.15) is 0 Å². The number of carbonyl (C=O) groups is 1. The maximum atomic E-state index is 12.6. The first kappa shape index (κ1) is 16.0. The molecule has 0 radical (unpaired) electrons. The lowest BCUT2D eigenvalue weighted by Gasteiger charge is -2.31. The Morgan fingerprint density at radius 1 is 1.33 bits per heavy atom. The fourth-order valence-corrected chi connectivity index (χ4v) is 3.12. The number of amides is 1. The lowest BCUT2D eigenvalue weighted by Crippen LogP contribution is -2.50. The lowest BCUT2D eigenvalue weighted by molar-refractivity contribution is -0.125. The van der Waals surface area contributed by atoms with Gasteiger partial charge < -0.3 is 10.6 Å². The first-order valence-corrected chi connectivity index (χ1v) is 8.20. The molecule has 1 aliphatic rings. The molecule has 2 rings (SSSR count). The molecule has 0 spiro atoms. The number of hydrogen-bond donors (Lipinski definition) is 2. The largest absolute Gasteiger partial charge is 0.348 e. The van der Waals surface area contributed by atoms with Crippen molar-refractivity contribution in [2.45, 2.75) is 52.1 Å². The van der Waals surface area contributed by atoms with Gasteiger partial charge in [-0.1, -0.05) is 57.5 Å². The normalized spacial score (nSPS) is 23.8. The van der Waals surface area contributed by atoms with Crippen molar-refractivity contribution >= 4 is 5.91 Å². The van der Waals surface area contributed by atoms with Gasteiger partial charge >= 0.3 is 0 Å². The summed E-state index contributed by atoms with van der Waals surface area (Å²) in [6.07, 6.45) is 3.31. The predicted octanol–water partition coefficient (Wildman–Crippen LogP) is 3.28. The first-order valence-electron chi connectivity index (χ1n) is 8.20. The average molecular weight is 288 g/mol. The summed E-state index contributed by atoms with van der Waals surface area (Å²) in [5.74, 6) is 1.20. The van der Waals surface area contributed by atoms with Crippen LogP contribution in [0.4, 0.5) is 0 Å². The number of rotatable bonds is 5. The Balaban J connectivity index is 2.02. The number of hydrogen-bond acceptors (Lipinski definition) is 2. The second-order valence-corrected chi connectivity index (χ2v) is 6.45. The highest BCUT2D eigenvalue weighted by Crippen LogP contribution is 2.23. The maximum absolute atomic E-state index is 12.6. The van der Waals surface area contributed by atoms with Crippen molar-refractivity contribution in [1.82, 2.24) is 10.6 Å². The quantitative estimate of drug-likeness (QED) is 0.873. The molecule has 1 saturated heterocycles. The summed E-state index contributed by atoms with van der Waals surface area (Å²) < 4.78 is 0. The van der Waals surface area contributed by atoms with Gasteiger partial charge in [-0.25, -0.2) is 0 Å². The van der Waals surface area contributed by atoms with E-state index in [-0.39, 0.29) is 18.0 Å². The van der Waals surface area contributed by atoms with E-state index in [9.17, 15) is 4.79 Å². The molecule has 1 fully saturated rings. The molecule has 0 bridgehead atoms. The summed E-state index contributed by atoms with van der Waals surface area (Å²) >= 11 is 0. The molecule has 0 saturated carbocycles. The fraction of sp³-hybridized carbons (Fsp3) is 0.611.